The van der Waals surface area contributed by atoms with Crippen LogP contribution in [0.5, 0.6) is 0 Å². The Labute approximate surface area is 229 Å². The summed E-state index contributed by atoms with van der Waals surface area (Å²) in [6, 6.07) is 15.4. The smallest absolute Gasteiger partial charge is 0.381 e. The number of anilines is 2. The second kappa shape index (κ2) is 12.2. The fraction of sp³-hybridized carbons (Fsp3) is 0.567. The lowest BCUT2D eigenvalue weighted by molar-refractivity contribution is -0.132. The monoisotopic (exact) mass is 547 g/mol. The molecule has 2 aromatic carbocycles. The van der Waals surface area contributed by atoms with Crippen molar-refractivity contribution in [2.45, 2.75) is 81.2 Å². The molecule has 0 aromatic heterocycles. The Morgan fingerprint density at radius 2 is 1.61 bits per heavy atom. The zero-order valence-electron chi connectivity index (χ0n) is 22.7. The molecule has 0 radical (unpaired) electrons. The number of rotatable bonds is 7. The maximum Gasteiger partial charge on any atom is 0.446 e. The predicted octanol–water partition coefficient (Wildman–Crippen LogP) is 7.70. The lowest BCUT2D eigenvalue weighted by Gasteiger charge is -2.35. The zero-order chi connectivity index (χ0) is 27.3. The number of nitrogens with zero attached hydrogens (tertiary/aromatic N) is 2. The Bertz CT molecular complexity index is 1040. The van der Waals surface area contributed by atoms with E-state index in [1.54, 1.807) is 12.1 Å². The van der Waals surface area contributed by atoms with Crippen molar-refractivity contribution < 1.29 is 18.0 Å². The third kappa shape index (κ3) is 8.32. The first-order chi connectivity index (χ1) is 18.0. The Morgan fingerprint density at radius 3 is 2.21 bits per heavy atom. The van der Waals surface area contributed by atoms with Gasteiger partial charge in [-0.25, -0.2) is 0 Å². The van der Waals surface area contributed by atoms with Crippen molar-refractivity contribution >= 4 is 29.0 Å². The maximum atomic E-state index is 13.0. The average molecular weight is 548 g/mol. The number of hydrogen-bond acceptors (Lipinski definition) is 4. The van der Waals surface area contributed by atoms with Gasteiger partial charge < -0.3 is 15.1 Å². The van der Waals surface area contributed by atoms with E-state index in [2.05, 4.69) is 55.3 Å². The van der Waals surface area contributed by atoms with Crippen LogP contribution >= 0.6 is 11.8 Å². The zero-order valence-corrected chi connectivity index (χ0v) is 23.5. The van der Waals surface area contributed by atoms with Gasteiger partial charge in [-0.2, -0.15) is 13.2 Å². The van der Waals surface area contributed by atoms with E-state index in [0.29, 0.717) is 18.9 Å². The van der Waals surface area contributed by atoms with Crippen LogP contribution in [-0.2, 0) is 10.2 Å². The average Bonchev–Trinajstić information content (AvgIpc) is 2.88. The maximum absolute atomic E-state index is 13.0. The molecule has 2 aliphatic heterocycles. The highest BCUT2D eigenvalue weighted by Crippen LogP contribution is 2.37. The van der Waals surface area contributed by atoms with Gasteiger partial charge in [-0.1, -0.05) is 32.9 Å². The molecule has 2 saturated heterocycles. The highest BCUT2D eigenvalue weighted by Gasteiger charge is 2.29. The molecule has 8 heteroatoms. The highest BCUT2D eigenvalue weighted by molar-refractivity contribution is 8.00. The molecular weight excluding hydrogens is 507 g/mol. The quantitative estimate of drug-likeness (QED) is 0.361. The summed E-state index contributed by atoms with van der Waals surface area (Å²) in [7, 11) is 0. The van der Waals surface area contributed by atoms with E-state index in [0.717, 1.165) is 57.4 Å². The van der Waals surface area contributed by atoms with E-state index in [1.807, 2.05) is 4.90 Å². The fourth-order valence-electron chi connectivity index (χ4n) is 5.45. The SMILES string of the molecule is CC(C)(C)c1ccc(N2CCC(CCC(=O)N3CCC[C@H](Nc4ccc(SC(F)(F)F)cc4)C3)CC2)cc1. The second-order valence-corrected chi connectivity index (χ2v) is 12.8. The first-order valence-electron chi connectivity index (χ1n) is 13.7. The van der Waals surface area contributed by atoms with E-state index in [1.165, 1.54) is 23.4 Å². The second-order valence-electron chi connectivity index (χ2n) is 11.7. The highest BCUT2D eigenvalue weighted by atomic mass is 32.2. The van der Waals surface area contributed by atoms with Gasteiger partial charge in [0.25, 0.3) is 0 Å². The lowest BCUT2D eigenvalue weighted by Crippen LogP contribution is -2.45. The van der Waals surface area contributed by atoms with Crippen LogP contribution in [0.25, 0.3) is 0 Å². The Balaban J connectivity index is 1.19. The van der Waals surface area contributed by atoms with Crippen molar-refractivity contribution in [3.8, 4) is 0 Å². The first kappa shape index (κ1) is 28.7. The van der Waals surface area contributed by atoms with E-state index >= 15 is 0 Å². The molecule has 4 nitrogen and oxygen atoms in total. The number of nitrogens with one attached hydrogen (secondary N) is 1. The van der Waals surface area contributed by atoms with Gasteiger partial charge in [0.15, 0.2) is 0 Å². The molecule has 208 valence electrons. The number of benzene rings is 2. The van der Waals surface area contributed by atoms with E-state index in [4.69, 9.17) is 0 Å². The van der Waals surface area contributed by atoms with Crippen molar-refractivity contribution in [1.29, 1.82) is 0 Å². The third-order valence-corrected chi connectivity index (χ3v) is 8.45. The number of likely N-dealkylation sites (tertiary alicyclic amines) is 1. The van der Waals surface area contributed by atoms with Crippen LogP contribution in [0.2, 0.25) is 0 Å². The summed E-state index contributed by atoms with van der Waals surface area (Å²) in [6.07, 6.45) is 5.61. The van der Waals surface area contributed by atoms with E-state index < -0.39 is 5.51 Å². The molecule has 1 atom stereocenters. The first-order valence-corrected chi connectivity index (χ1v) is 14.5. The van der Waals surface area contributed by atoms with Crippen LogP contribution in [0.15, 0.2) is 53.4 Å². The summed E-state index contributed by atoms with van der Waals surface area (Å²) in [5.41, 5.74) is -0.701. The number of amides is 1. The molecule has 4 rings (SSSR count). The molecular formula is C30H40F3N3OS. The van der Waals surface area contributed by atoms with Gasteiger partial charge in [0.2, 0.25) is 5.91 Å². The van der Waals surface area contributed by atoms with E-state index in [-0.39, 0.29) is 34.0 Å². The molecule has 2 aliphatic rings. The number of alkyl halides is 3. The minimum Gasteiger partial charge on any atom is -0.381 e. The standard InChI is InChI=1S/C30H40F3N3OS/c1-29(2,3)23-7-11-26(12-8-23)35-19-16-22(17-20-35)6-15-28(37)36-18-4-5-25(21-36)34-24-9-13-27(14-10-24)38-30(31,32)33/h7-14,22,25,34H,4-6,15-21H2,1-3H3/t25-/m0/s1. The van der Waals surface area contributed by atoms with E-state index in [9.17, 15) is 18.0 Å². The van der Waals surface area contributed by atoms with Crippen molar-refractivity contribution in [2.75, 3.05) is 36.4 Å². The summed E-state index contributed by atoms with van der Waals surface area (Å²) in [4.78, 5) is 17.6. The molecule has 2 fully saturated rings. The summed E-state index contributed by atoms with van der Waals surface area (Å²) in [5, 5.41) is 3.40. The van der Waals surface area contributed by atoms with Gasteiger partial charge in [0.05, 0.1) is 0 Å². The molecule has 2 heterocycles. The molecule has 1 amide bonds. The molecule has 0 unspecified atom stereocenters. The molecule has 38 heavy (non-hydrogen) atoms. The Kier molecular flexibility index (Phi) is 9.22. The van der Waals surface area contributed by atoms with Crippen molar-refractivity contribution in [3.05, 3.63) is 54.1 Å². The number of hydrogen-bond donors (Lipinski definition) is 1. The van der Waals surface area contributed by atoms with Crippen LogP contribution in [-0.4, -0.2) is 48.5 Å². The minimum absolute atomic E-state index is 0.106. The molecule has 1 N–H and O–H groups in total. The topological polar surface area (TPSA) is 35.6 Å². The van der Waals surface area contributed by atoms with Crippen LogP contribution in [0, 0.1) is 5.92 Å². The molecule has 0 aliphatic carbocycles. The summed E-state index contributed by atoms with van der Waals surface area (Å²) in [6.45, 7) is 10.2. The summed E-state index contributed by atoms with van der Waals surface area (Å²) >= 11 is -0.106. The third-order valence-electron chi connectivity index (χ3n) is 7.71. The van der Waals surface area contributed by atoms with Gasteiger partial charge in [-0.3, -0.25) is 4.79 Å². The van der Waals surface area contributed by atoms with Gasteiger partial charge in [-0.15, -0.1) is 0 Å². The molecule has 0 spiro atoms. The Hall–Kier alpha value is -2.35. The molecule has 2 aromatic rings. The largest absolute Gasteiger partial charge is 0.446 e. The van der Waals surface area contributed by atoms with Crippen LogP contribution in [0.1, 0.15) is 64.9 Å². The normalized spacial score (nSPS) is 19.5. The molecule has 0 saturated carbocycles. The van der Waals surface area contributed by atoms with Crippen LogP contribution < -0.4 is 10.2 Å². The predicted molar refractivity (Wildman–Crippen MR) is 151 cm³/mol. The van der Waals surface area contributed by atoms with Gasteiger partial charge in [0, 0.05) is 54.9 Å². The summed E-state index contributed by atoms with van der Waals surface area (Å²) < 4.78 is 37.7. The summed E-state index contributed by atoms with van der Waals surface area (Å²) in [5.74, 6) is 0.796. The van der Waals surface area contributed by atoms with Crippen molar-refractivity contribution in [1.82, 2.24) is 4.90 Å². The van der Waals surface area contributed by atoms with Crippen molar-refractivity contribution in [2.24, 2.45) is 5.92 Å². The number of piperidine rings is 2. The number of carbonyl (C=O) groups excluding carboxylic acids is 1. The van der Waals surface area contributed by atoms with Gasteiger partial charge in [0.1, 0.15) is 0 Å². The Morgan fingerprint density at radius 1 is 0.947 bits per heavy atom. The number of halogens is 3. The van der Waals surface area contributed by atoms with Crippen molar-refractivity contribution in [3.63, 3.8) is 0 Å². The number of thioether (sulfide) groups is 1. The lowest BCUT2D eigenvalue weighted by atomic mass is 9.87. The van der Waals surface area contributed by atoms with Crippen LogP contribution in [0.4, 0.5) is 24.5 Å². The molecule has 0 bridgehead atoms. The fourth-order valence-corrected chi connectivity index (χ4v) is 5.99. The van der Waals surface area contributed by atoms with Gasteiger partial charge >= 0.3 is 5.51 Å². The number of carbonyl (C=O) groups is 1. The van der Waals surface area contributed by atoms with Crippen LogP contribution in [0.3, 0.4) is 0 Å². The minimum atomic E-state index is -4.28. The van der Waals surface area contributed by atoms with Gasteiger partial charge in [-0.05, 0) is 97.2 Å².